The first-order chi connectivity index (χ1) is 14.9. The third-order valence-electron chi connectivity index (χ3n) is 4.66. The number of rotatable bonds is 7. The molecule has 0 aliphatic rings. The van der Waals surface area contributed by atoms with E-state index in [-0.39, 0.29) is 5.75 Å². The van der Waals surface area contributed by atoms with E-state index in [0.29, 0.717) is 27.9 Å². The van der Waals surface area contributed by atoms with Crippen LogP contribution in [0.5, 0.6) is 5.75 Å². The molecule has 7 nitrogen and oxygen atoms in total. The summed E-state index contributed by atoms with van der Waals surface area (Å²) in [6.07, 6.45) is 0.840. The number of aryl methyl sites for hydroxylation is 1. The van der Waals surface area contributed by atoms with E-state index < -0.39 is 12.2 Å². The zero-order chi connectivity index (χ0) is 22.0. The maximum absolute atomic E-state index is 12.3. The van der Waals surface area contributed by atoms with Gasteiger partial charge in [0, 0.05) is 22.8 Å². The molecule has 2 N–H and O–H groups in total. The molecule has 2 aromatic carbocycles. The second-order valence-corrected chi connectivity index (χ2v) is 7.58. The summed E-state index contributed by atoms with van der Waals surface area (Å²) < 4.78 is 35.6. The van der Waals surface area contributed by atoms with Crippen molar-refractivity contribution in [1.82, 2.24) is 14.9 Å². The average molecular weight is 444 g/mol. The van der Waals surface area contributed by atoms with E-state index in [9.17, 15) is 13.6 Å². The van der Waals surface area contributed by atoms with Crippen molar-refractivity contribution in [2.45, 2.75) is 30.9 Å². The van der Waals surface area contributed by atoms with Gasteiger partial charge < -0.3 is 15.0 Å². The number of hydrogen-bond donors (Lipinski definition) is 1. The molecule has 4 aromatic rings. The van der Waals surface area contributed by atoms with Crippen LogP contribution in [-0.2, 0) is 12.2 Å². The van der Waals surface area contributed by atoms with E-state index in [4.69, 9.17) is 10.3 Å². The first-order valence-corrected chi connectivity index (χ1v) is 10.4. The van der Waals surface area contributed by atoms with E-state index in [0.717, 1.165) is 22.9 Å². The van der Waals surface area contributed by atoms with Crippen LogP contribution < -0.4 is 16.2 Å². The fourth-order valence-corrected chi connectivity index (χ4v) is 3.96. The highest BCUT2D eigenvalue weighted by Crippen LogP contribution is 2.28. The van der Waals surface area contributed by atoms with Gasteiger partial charge in [0.05, 0.1) is 0 Å². The molecule has 0 spiro atoms. The number of benzene rings is 2. The molecule has 0 radical (unpaired) electrons. The predicted molar refractivity (Wildman–Crippen MR) is 114 cm³/mol. The number of alkyl halides is 2. The first-order valence-electron chi connectivity index (χ1n) is 9.39. The van der Waals surface area contributed by atoms with Gasteiger partial charge in [0.2, 0.25) is 5.16 Å². The Balaban J connectivity index is 1.55. The molecule has 0 saturated carbocycles. The number of fused-ring (bicyclic) bond motifs is 1. The highest BCUT2D eigenvalue weighted by atomic mass is 32.2. The summed E-state index contributed by atoms with van der Waals surface area (Å²) in [4.78, 5) is 12.0. The van der Waals surface area contributed by atoms with E-state index >= 15 is 0 Å². The molecule has 4 rings (SSSR count). The van der Waals surface area contributed by atoms with Crippen LogP contribution in [0.4, 0.5) is 8.78 Å². The fraction of sp³-hybridized carbons (Fsp3) is 0.190. The van der Waals surface area contributed by atoms with Gasteiger partial charge in [0.25, 0.3) is 0 Å². The summed E-state index contributed by atoms with van der Waals surface area (Å²) in [5.41, 5.74) is 2.61. The number of nitrogen functional groups attached to an aromatic ring is 1. The molecule has 0 amide bonds. The summed E-state index contributed by atoms with van der Waals surface area (Å²) in [6.45, 7) is -0.860. The lowest BCUT2D eigenvalue weighted by molar-refractivity contribution is -0.0498. The lowest BCUT2D eigenvalue weighted by atomic mass is 10.1. The van der Waals surface area contributed by atoms with Crippen molar-refractivity contribution in [2.24, 2.45) is 0 Å². The van der Waals surface area contributed by atoms with Gasteiger partial charge in [-0.25, -0.2) is 9.47 Å². The lowest BCUT2D eigenvalue weighted by Gasteiger charge is -2.07. The highest BCUT2D eigenvalue weighted by Gasteiger charge is 2.14. The Kier molecular flexibility index (Phi) is 5.90. The second-order valence-electron chi connectivity index (χ2n) is 6.64. The normalized spacial score (nSPS) is 11.4. The number of thioether (sulfide) groups is 1. The minimum Gasteiger partial charge on any atom is -0.435 e. The summed E-state index contributed by atoms with van der Waals surface area (Å²) >= 11 is 1.32. The molecule has 0 aliphatic carbocycles. The van der Waals surface area contributed by atoms with Gasteiger partial charge >= 0.3 is 12.2 Å². The van der Waals surface area contributed by atoms with Crippen molar-refractivity contribution in [3.05, 3.63) is 70.1 Å². The van der Waals surface area contributed by atoms with Gasteiger partial charge in [-0.3, -0.25) is 0 Å². The topological polar surface area (TPSA) is 96.2 Å². The number of hydrogen-bond acceptors (Lipinski definition) is 7. The summed E-state index contributed by atoms with van der Waals surface area (Å²) in [6, 6.07) is 13.2. The van der Waals surface area contributed by atoms with E-state index in [1.54, 1.807) is 12.1 Å². The molecule has 0 fully saturated rings. The molecular formula is C21H18F2N4O3S. The first kappa shape index (κ1) is 20.9. The molecule has 0 unspecified atom stereocenters. The lowest BCUT2D eigenvalue weighted by Crippen LogP contribution is -2.11. The third kappa shape index (κ3) is 4.53. The zero-order valence-corrected chi connectivity index (χ0v) is 17.2. The van der Waals surface area contributed by atoms with Crippen LogP contribution in [0.1, 0.15) is 18.1 Å². The summed E-state index contributed by atoms with van der Waals surface area (Å²) in [5.74, 6) is 6.98. The molecule has 10 heteroatoms. The Bertz CT molecular complexity index is 1270. The largest absolute Gasteiger partial charge is 0.435 e. The summed E-state index contributed by atoms with van der Waals surface area (Å²) in [5, 5.41) is 9.48. The highest BCUT2D eigenvalue weighted by molar-refractivity contribution is 7.98. The van der Waals surface area contributed by atoms with Gasteiger partial charge in [-0.1, -0.05) is 30.8 Å². The Hall–Kier alpha value is -3.40. The van der Waals surface area contributed by atoms with Crippen LogP contribution in [0.25, 0.3) is 22.4 Å². The van der Waals surface area contributed by atoms with Gasteiger partial charge in [-0.15, -0.1) is 10.2 Å². The Morgan fingerprint density at radius 1 is 1.16 bits per heavy atom. The van der Waals surface area contributed by atoms with Crippen LogP contribution in [-0.4, -0.2) is 21.5 Å². The fourth-order valence-electron chi connectivity index (χ4n) is 3.11. The third-order valence-corrected chi connectivity index (χ3v) is 5.65. The van der Waals surface area contributed by atoms with E-state index in [2.05, 4.69) is 14.9 Å². The smallest absolute Gasteiger partial charge is 0.387 e. The van der Waals surface area contributed by atoms with Crippen LogP contribution in [0, 0.1) is 0 Å². The van der Waals surface area contributed by atoms with Crippen LogP contribution in [0.15, 0.2) is 62.9 Å². The van der Waals surface area contributed by atoms with Crippen molar-refractivity contribution >= 4 is 22.7 Å². The van der Waals surface area contributed by atoms with Crippen molar-refractivity contribution in [2.75, 3.05) is 5.84 Å². The standard InChI is InChI=1S/C21H18F2N4O3S/c1-2-12-3-8-16-14(10-18(28)30-17(16)9-12)11-31-21-26-25-19(27(21)24)13-4-6-15(7-5-13)29-20(22)23/h3-10,20H,2,11,24H2,1H3. The SMILES string of the molecule is CCc1ccc2c(CSc3nnc(-c4ccc(OC(F)F)cc4)n3N)cc(=O)oc2c1. The van der Waals surface area contributed by atoms with Crippen molar-refractivity contribution in [1.29, 1.82) is 0 Å². The van der Waals surface area contributed by atoms with Gasteiger partial charge in [0.1, 0.15) is 11.3 Å². The van der Waals surface area contributed by atoms with Crippen LogP contribution in [0.3, 0.4) is 0 Å². The molecule has 0 atom stereocenters. The number of halogens is 2. The molecule has 2 heterocycles. The van der Waals surface area contributed by atoms with E-state index in [1.807, 2.05) is 25.1 Å². The molecule has 0 aliphatic heterocycles. The average Bonchev–Trinajstić information content (AvgIpc) is 3.11. The van der Waals surface area contributed by atoms with Crippen molar-refractivity contribution < 1.29 is 17.9 Å². The van der Waals surface area contributed by atoms with Crippen molar-refractivity contribution in [3.63, 3.8) is 0 Å². The molecule has 160 valence electrons. The zero-order valence-electron chi connectivity index (χ0n) is 16.4. The maximum atomic E-state index is 12.3. The van der Waals surface area contributed by atoms with Gasteiger partial charge in [-0.2, -0.15) is 8.78 Å². The molecular weight excluding hydrogens is 426 g/mol. The van der Waals surface area contributed by atoms with Crippen LogP contribution >= 0.6 is 11.8 Å². The minimum atomic E-state index is -2.89. The molecule has 31 heavy (non-hydrogen) atoms. The molecule has 0 saturated heterocycles. The Morgan fingerprint density at radius 3 is 2.65 bits per heavy atom. The van der Waals surface area contributed by atoms with E-state index in [1.165, 1.54) is 34.6 Å². The monoisotopic (exact) mass is 444 g/mol. The predicted octanol–water partition coefficient (Wildman–Crippen LogP) is 4.22. The molecule has 0 bridgehead atoms. The van der Waals surface area contributed by atoms with Crippen molar-refractivity contribution in [3.8, 4) is 17.1 Å². The number of nitrogens with zero attached hydrogens (tertiary/aromatic N) is 3. The van der Waals surface area contributed by atoms with Gasteiger partial charge in [-0.05, 0) is 47.9 Å². The molecule has 2 aromatic heterocycles. The Labute approximate surface area is 179 Å². The number of ether oxygens (including phenoxy) is 1. The maximum Gasteiger partial charge on any atom is 0.387 e. The number of aromatic nitrogens is 3. The Morgan fingerprint density at radius 2 is 1.94 bits per heavy atom. The number of nitrogens with two attached hydrogens (primary N) is 1. The quantitative estimate of drug-likeness (QED) is 0.259. The minimum absolute atomic E-state index is 0.0393. The second kappa shape index (κ2) is 8.76. The summed E-state index contributed by atoms with van der Waals surface area (Å²) in [7, 11) is 0. The van der Waals surface area contributed by atoms with Gasteiger partial charge in [0.15, 0.2) is 5.82 Å². The van der Waals surface area contributed by atoms with Crippen LogP contribution in [0.2, 0.25) is 0 Å².